The van der Waals surface area contributed by atoms with E-state index < -0.39 is 5.97 Å². The zero-order valence-electron chi connectivity index (χ0n) is 20.1. The number of hydrogen-bond donors (Lipinski definition) is 0. The van der Waals surface area contributed by atoms with E-state index in [4.69, 9.17) is 9.47 Å². The molecule has 0 radical (unpaired) electrons. The van der Waals surface area contributed by atoms with Crippen molar-refractivity contribution in [3.63, 3.8) is 0 Å². The first kappa shape index (κ1) is 23.7. The molecule has 0 atom stereocenters. The average Bonchev–Trinajstić information content (AvgIpc) is 3.54. The molecule has 0 N–H and O–H groups in total. The molecular weight excluding hydrogens is 476 g/mol. The monoisotopic (exact) mass is 502 g/mol. The summed E-state index contributed by atoms with van der Waals surface area (Å²) in [5.74, 6) is -0.499. The summed E-state index contributed by atoms with van der Waals surface area (Å²) in [7, 11) is 0. The zero-order chi connectivity index (χ0) is 25.1. The van der Waals surface area contributed by atoms with Gasteiger partial charge in [-0.05, 0) is 54.6 Å². The fourth-order valence-corrected chi connectivity index (χ4v) is 5.17. The molecule has 5 heterocycles. The molecule has 0 aliphatic heterocycles. The number of carbonyl (C=O) groups is 1. The number of thiophene rings is 1. The molecule has 0 fully saturated rings. The van der Waals surface area contributed by atoms with Crippen molar-refractivity contribution in [1.29, 1.82) is 0 Å². The van der Waals surface area contributed by atoms with E-state index in [0.29, 0.717) is 16.8 Å². The number of ether oxygens (including phenoxy) is 2. The van der Waals surface area contributed by atoms with Gasteiger partial charge in [-0.2, -0.15) is 0 Å². The summed E-state index contributed by atoms with van der Waals surface area (Å²) in [4.78, 5) is 35.4. The van der Waals surface area contributed by atoms with Gasteiger partial charge >= 0.3 is 5.97 Å². The third-order valence-corrected chi connectivity index (χ3v) is 6.90. The third-order valence-electron chi connectivity index (χ3n) is 5.98. The second-order valence-electron chi connectivity index (χ2n) is 8.25. The molecule has 0 bridgehead atoms. The van der Waals surface area contributed by atoms with Crippen LogP contribution in [0.25, 0.3) is 27.0 Å². The van der Waals surface area contributed by atoms with Crippen molar-refractivity contribution in [1.82, 2.24) is 18.9 Å². The number of esters is 1. The van der Waals surface area contributed by atoms with E-state index in [1.54, 1.807) is 30.1 Å². The predicted octanol–water partition coefficient (Wildman–Crippen LogP) is 5.18. The van der Waals surface area contributed by atoms with Crippen LogP contribution in [-0.2, 0) is 11.3 Å². The van der Waals surface area contributed by atoms with E-state index in [0.717, 1.165) is 35.3 Å². The Morgan fingerprint density at radius 3 is 2.75 bits per heavy atom. The molecule has 0 saturated heterocycles. The van der Waals surface area contributed by atoms with Gasteiger partial charge in [-0.1, -0.05) is 13.3 Å². The Kier molecular flexibility index (Phi) is 6.81. The molecule has 0 unspecified atom stereocenters. The minimum Gasteiger partial charge on any atom is -0.487 e. The van der Waals surface area contributed by atoms with E-state index in [1.165, 1.54) is 11.3 Å². The maximum atomic E-state index is 13.8. The first-order chi connectivity index (χ1) is 17.6. The Labute approximate surface area is 211 Å². The van der Waals surface area contributed by atoms with E-state index in [1.807, 2.05) is 53.2 Å². The van der Waals surface area contributed by atoms with Crippen LogP contribution in [0.4, 0.5) is 0 Å². The van der Waals surface area contributed by atoms with Crippen molar-refractivity contribution in [3.8, 4) is 16.9 Å². The number of nitrogens with zero attached hydrogens (tertiary/aromatic N) is 4. The number of unbranched alkanes of at least 4 members (excludes halogenated alkanes) is 1. The summed E-state index contributed by atoms with van der Waals surface area (Å²) < 4.78 is 15.5. The minimum absolute atomic E-state index is 0.0446. The average molecular weight is 503 g/mol. The molecule has 5 aromatic rings. The number of imidazole rings is 1. The van der Waals surface area contributed by atoms with Gasteiger partial charge in [0.1, 0.15) is 11.2 Å². The van der Waals surface area contributed by atoms with Crippen molar-refractivity contribution in [2.24, 2.45) is 0 Å². The number of pyridine rings is 3. The second-order valence-corrected chi connectivity index (χ2v) is 9.17. The van der Waals surface area contributed by atoms with Gasteiger partial charge in [-0.25, -0.2) is 9.78 Å². The van der Waals surface area contributed by atoms with Crippen molar-refractivity contribution in [2.45, 2.75) is 33.2 Å². The van der Waals surface area contributed by atoms with E-state index in [2.05, 4.69) is 9.97 Å². The molecule has 5 aromatic heterocycles. The molecule has 0 spiro atoms. The lowest BCUT2D eigenvalue weighted by atomic mass is 10.1. The summed E-state index contributed by atoms with van der Waals surface area (Å²) in [6.45, 7) is 4.61. The number of rotatable bonds is 9. The van der Waals surface area contributed by atoms with Gasteiger partial charge in [0.2, 0.25) is 5.75 Å². The topological polar surface area (TPSA) is 87.7 Å². The summed E-state index contributed by atoms with van der Waals surface area (Å²) in [6, 6.07) is 9.71. The van der Waals surface area contributed by atoms with Gasteiger partial charge in [0.25, 0.3) is 5.56 Å². The number of hydrogen-bond acceptors (Lipinski definition) is 7. The maximum absolute atomic E-state index is 13.8. The molecule has 184 valence electrons. The molecule has 0 amide bonds. The molecule has 0 saturated carbocycles. The molecular formula is C27H26N4O4S. The van der Waals surface area contributed by atoms with Crippen LogP contribution in [0.1, 0.15) is 42.7 Å². The molecule has 36 heavy (non-hydrogen) atoms. The molecule has 5 rings (SSSR count). The van der Waals surface area contributed by atoms with Gasteiger partial charge in [0, 0.05) is 24.2 Å². The van der Waals surface area contributed by atoms with Crippen LogP contribution in [0, 0.1) is 0 Å². The van der Waals surface area contributed by atoms with Gasteiger partial charge in [-0.3, -0.25) is 14.3 Å². The molecule has 0 aliphatic carbocycles. The highest BCUT2D eigenvalue weighted by Crippen LogP contribution is 2.31. The highest BCUT2D eigenvalue weighted by molar-refractivity contribution is 7.17. The Balaban J connectivity index is 1.64. The predicted molar refractivity (Wildman–Crippen MR) is 140 cm³/mol. The minimum atomic E-state index is -0.544. The van der Waals surface area contributed by atoms with Crippen LogP contribution in [-0.4, -0.2) is 38.1 Å². The maximum Gasteiger partial charge on any atom is 0.343 e. The van der Waals surface area contributed by atoms with Crippen molar-refractivity contribution in [3.05, 3.63) is 82.1 Å². The SMILES string of the molecule is CCCCOc1c(C(=O)OCC)c2sccc2n(Cc2cnc3c(-c4ccncc4)cccn23)c1=O. The van der Waals surface area contributed by atoms with Crippen LogP contribution < -0.4 is 10.3 Å². The highest BCUT2D eigenvalue weighted by atomic mass is 32.1. The van der Waals surface area contributed by atoms with Gasteiger partial charge < -0.3 is 13.9 Å². The van der Waals surface area contributed by atoms with E-state index in [9.17, 15) is 9.59 Å². The molecule has 9 heteroatoms. The summed E-state index contributed by atoms with van der Waals surface area (Å²) >= 11 is 1.39. The lowest BCUT2D eigenvalue weighted by Gasteiger charge is -2.15. The normalized spacial score (nSPS) is 11.3. The van der Waals surface area contributed by atoms with Crippen molar-refractivity contribution >= 4 is 33.2 Å². The van der Waals surface area contributed by atoms with Crippen LogP contribution >= 0.6 is 11.3 Å². The van der Waals surface area contributed by atoms with Crippen molar-refractivity contribution < 1.29 is 14.3 Å². The van der Waals surface area contributed by atoms with Gasteiger partial charge in [0.05, 0.1) is 41.9 Å². The van der Waals surface area contributed by atoms with Crippen LogP contribution in [0.5, 0.6) is 5.75 Å². The molecule has 0 aromatic carbocycles. The number of aromatic nitrogens is 4. The largest absolute Gasteiger partial charge is 0.487 e. The van der Waals surface area contributed by atoms with E-state index >= 15 is 0 Å². The summed E-state index contributed by atoms with van der Waals surface area (Å²) in [5, 5.41) is 1.87. The highest BCUT2D eigenvalue weighted by Gasteiger charge is 2.26. The number of fused-ring (bicyclic) bond motifs is 2. The Morgan fingerprint density at radius 2 is 1.97 bits per heavy atom. The van der Waals surface area contributed by atoms with Gasteiger partial charge in [-0.15, -0.1) is 11.3 Å². The fourth-order valence-electron chi connectivity index (χ4n) is 4.24. The van der Waals surface area contributed by atoms with Crippen LogP contribution in [0.2, 0.25) is 0 Å². The van der Waals surface area contributed by atoms with Crippen molar-refractivity contribution in [2.75, 3.05) is 13.2 Å². The lowest BCUT2D eigenvalue weighted by molar-refractivity contribution is 0.0523. The fraction of sp³-hybridized carbons (Fsp3) is 0.259. The molecule has 0 aliphatic rings. The first-order valence-corrected chi connectivity index (χ1v) is 12.8. The Hall–Kier alpha value is -3.98. The number of carbonyl (C=O) groups excluding carboxylic acids is 1. The Bertz CT molecular complexity index is 1590. The second kappa shape index (κ2) is 10.3. The smallest absolute Gasteiger partial charge is 0.343 e. The molecule has 8 nitrogen and oxygen atoms in total. The van der Waals surface area contributed by atoms with E-state index in [-0.39, 0.29) is 30.0 Å². The quantitative estimate of drug-likeness (QED) is 0.204. The van der Waals surface area contributed by atoms with Gasteiger partial charge in [0.15, 0.2) is 0 Å². The van der Waals surface area contributed by atoms with Crippen LogP contribution in [0.15, 0.2) is 65.3 Å². The lowest BCUT2D eigenvalue weighted by Crippen LogP contribution is -2.26. The zero-order valence-corrected chi connectivity index (χ0v) is 21.0. The van der Waals surface area contributed by atoms with Crippen LogP contribution in [0.3, 0.4) is 0 Å². The third kappa shape index (κ3) is 4.26. The summed E-state index contributed by atoms with van der Waals surface area (Å²) in [6.07, 6.45) is 8.90. The first-order valence-electron chi connectivity index (χ1n) is 11.9. The summed E-state index contributed by atoms with van der Waals surface area (Å²) in [5.41, 5.74) is 4.11. The standard InChI is InChI=1S/C27H26N4O4S/c1-3-5-14-35-23-22(27(33)34-4-2)24-21(10-15-36-24)31(26(23)32)17-19-16-29-25-20(7-6-13-30(19)25)18-8-11-28-12-9-18/h6-13,15-16H,3-5,14,17H2,1-2H3. The Morgan fingerprint density at radius 1 is 1.14 bits per heavy atom.